The standard InChI is InChI=1S/C14H24N2O4/c1-9-14(2,6-7-20-9)16-13(19)15-11-5-3-4-10(8-11)12(17)18/h9-11H,3-8H2,1-2H3,(H,17,18)(H2,15,16,19). The first kappa shape index (κ1) is 15.1. The van der Waals surface area contributed by atoms with Crippen molar-refractivity contribution < 1.29 is 19.4 Å². The monoisotopic (exact) mass is 284 g/mol. The molecule has 20 heavy (non-hydrogen) atoms. The van der Waals surface area contributed by atoms with Gasteiger partial charge in [-0.1, -0.05) is 6.42 Å². The maximum Gasteiger partial charge on any atom is 0.315 e. The number of ether oxygens (including phenoxy) is 1. The van der Waals surface area contributed by atoms with Crippen LogP contribution in [0.4, 0.5) is 4.79 Å². The lowest BCUT2D eigenvalue weighted by molar-refractivity contribution is -0.143. The van der Waals surface area contributed by atoms with E-state index < -0.39 is 5.97 Å². The zero-order chi connectivity index (χ0) is 14.8. The van der Waals surface area contributed by atoms with Crippen molar-refractivity contribution in [2.45, 2.75) is 63.6 Å². The molecule has 6 nitrogen and oxygen atoms in total. The molecule has 3 N–H and O–H groups in total. The molecule has 1 saturated carbocycles. The topological polar surface area (TPSA) is 87.7 Å². The lowest BCUT2D eigenvalue weighted by Gasteiger charge is -2.32. The molecule has 1 aliphatic heterocycles. The zero-order valence-corrected chi connectivity index (χ0v) is 12.1. The summed E-state index contributed by atoms with van der Waals surface area (Å²) in [5, 5.41) is 14.9. The van der Waals surface area contributed by atoms with Gasteiger partial charge in [0.2, 0.25) is 0 Å². The number of nitrogens with one attached hydrogen (secondary N) is 2. The number of carbonyl (C=O) groups excluding carboxylic acids is 1. The van der Waals surface area contributed by atoms with Gasteiger partial charge in [-0.25, -0.2) is 4.79 Å². The van der Waals surface area contributed by atoms with Crippen LogP contribution in [-0.4, -0.2) is 41.4 Å². The van der Waals surface area contributed by atoms with E-state index in [4.69, 9.17) is 9.84 Å². The summed E-state index contributed by atoms with van der Waals surface area (Å²) in [7, 11) is 0. The van der Waals surface area contributed by atoms with Crippen molar-refractivity contribution in [3.05, 3.63) is 0 Å². The van der Waals surface area contributed by atoms with Crippen LogP contribution in [0, 0.1) is 5.92 Å². The Kier molecular flexibility index (Phi) is 4.52. The van der Waals surface area contributed by atoms with E-state index in [-0.39, 0.29) is 29.6 Å². The highest BCUT2D eigenvalue weighted by Crippen LogP contribution is 2.26. The Hall–Kier alpha value is -1.30. The van der Waals surface area contributed by atoms with Crippen molar-refractivity contribution in [1.29, 1.82) is 0 Å². The van der Waals surface area contributed by atoms with Gasteiger partial charge in [-0.05, 0) is 39.5 Å². The largest absolute Gasteiger partial charge is 0.481 e. The summed E-state index contributed by atoms with van der Waals surface area (Å²) in [5.41, 5.74) is -0.342. The van der Waals surface area contributed by atoms with Crippen molar-refractivity contribution in [1.82, 2.24) is 10.6 Å². The minimum Gasteiger partial charge on any atom is -0.481 e. The Bertz CT molecular complexity index is 387. The third-order valence-electron chi connectivity index (χ3n) is 4.64. The molecule has 1 saturated heterocycles. The minimum atomic E-state index is -0.762. The summed E-state index contributed by atoms with van der Waals surface area (Å²) < 4.78 is 5.49. The maximum atomic E-state index is 12.1. The van der Waals surface area contributed by atoms with Crippen LogP contribution in [0.5, 0.6) is 0 Å². The van der Waals surface area contributed by atoms with E-state index >= 15 is 0 Å². The van der Waals surface area contributed by atoms with Crippen LogP contribution in [0.25, 0.3) is 0 Å². The summed E-state index contributed by atoms with van der Waals surface area (Å²) in [6.07, 6.45) is 3.71. The molecule has 6 heteroatoms. The summed E-state index contributed by atoms with van der Waals surface area (Å²) in [5.74, 6) is -1.10. The Labute approximate surface area is 119 Å². The second kappa shape index (κ2) is 5.99. The average molecular weight is 284 g/mol. The lowest BCUT2D eigenvalue weighted by atomic mass is 9.86. The van der Waals surface area contributed by atoms with Crippen LogP contribution in [0.1, 0.15) is 46.0 Å². The van der Waals surface area contributed by atoms with Gasteiger partial charge in [-0.3, -0.25) is 4.79 Å². The molecule has 0 aromatic carbocycles. The molecule has 2 aliphatic rings. The van der Waals surface area contributed by atoms with Gasteiger partial charge < -0.3 is 20.5 Å². The van der Waals surface area contributed by atoms with Gasteiger partial charge in [0.05, 0.1) is 17.6 Å². The molecule has 1 aliphatic carbocycles. The molecular weight excluding hydrogens is 260 g/mol. The predicted molar refractivity (Wildman–Crippen MR) is 73.5 cm³/mol. The first-order valence-corrected chi connectivity index (χ1v) is 7.34. The molecule has 0 aromatic rings. The van der Waals surface area contributed by atoms with Gasteiger partial charge in [0, 0.05) is 12.6 Å². The van der Waals surface area contributed by atoms with Crippen LogP contribution >= 0.6 is 0 Å². The fraction of sp³-hybridized carbons (Fsp3) is 0.857. The third-order valence-corrected chi connectivity index (χ3v) is 4.64. The molecule has 4 atom stereocenters. The van der Waals surface area contributed by atoms with E-state index in [9.17, 15) is 9.59 Å². The Morgan fingerprint density at radius 2 is 2.10 bits per heavy atom. The Morgan fingerprint density at radius 1 is 1.35 bits per heavy atom. The van der Waals surface area contributed by atoms with E-state index in [2.05, 4.69) is 10.6 Å². The lowest BCUT2D eigenvalue weighted by Crippen LogP contribution is -2.56. The molecular formula is C14H24N2O4. The van der Waals surface area contributed by atoms with Gasteiger partial charge in [0.25, 0.3) is 0 Å². The quantitative estimate of drug-likeness (QED) is 0.733. The Morgan fingerprint density at radius 3 is 2.70 bits per heavy atom. The van der Waals surface area contributed by atoms with Crippen molar-refractivity contribution >= 4 is 12.0 Å². The zero-order valence-electron chi connectivity index (χ0n) is 12.1. The second-order valence-corrected chi connectivity index (χ2v) is 6.18. The van der Waals surface area contributed by atoms with Gasteiger partial charge in [0.15, 0.2) is 0 Å². The number of urea groups is 1. The SMILES string of the molecule is CC1OCCC1(C)NC(=O)NC1CCCC(C(=O)O)C1. The van der Waals surface area contributed by atoms with Crippen LogP contribution in [0.15, 0.2) is 0 Å². The summed E-state index contributed by atoms with van der Waals surface area (Å²) >= 11 is 0. The molecule has 2 fully saturated rings. The van der Waals surface area contributed by atoms with E-state index in [1.54, 1.807) is 0 Å². The number of hydrogen-bond acceptors (Lipinski definition) is 3. The maximum absolute atomic E-state index is 12.1. The fourth-order valence-electron chi connectivity index (χ4n) is 3.03. The van der Waals surface area contributed by atoms with E-state index in [0.717, 1.165) is 19.3 Å². The van der Waals surface area contributed by atoms with Crippen molar-refractivity contribution in [2.75, 3.05) is 6.61 Å². The summed E-state index contributed by atoms with van der Waals surface area (Å²) in [6, 6.07) is -0.271. The van der Waals surface area contributed by atoms with Gasteiger partial charge >= 0.3 is 12.0 Å². The first-order valence-electron chi connectivity index (χ1n) is 7.34. The Balaban J connectivity index is 1.84. The molecule has 114 valence electrons. The minimum absolute atomic E-state index is 0.00799. The van der Waals surface area contributed by atoms with E-state index in [1.807, 2.05) is 13.8 Å². The number of hydrogen-bond donors (Lipinski definition) is 3. The summed E-state index contributed by atoms with van der Waals surface area (Å²) in [4.78, 5) is 23.1. The smallest absolute Gasteiger partial charge is 0.315 e. The fourth-order valence-corrected chi connectivity index (χ4v) is 3.03. The molecule has 0 bridgehead atoms. The van der Waals surface area contributed by atoms with Gasteiger partial charge in [-0.15, -0.1) is 0 Å². The van der Waals surface area contributed by atoms with Crippen molar-refractivity contribution in [3.63, 3.8) is 0 Å². The molecule has 0 aromatic heterocycles. The molecule has 0 radical (unpaired) electrons. The van der Waals surface area contributed by atoms with E-state index in [0.29, 0.717) is 19.4 Å². The van der Waals surface area contributed by atoms with Gasteiger partial charge in [0.1, 0.15) is 0 Å². The number of carboxylic acid groups (broad SMARTS) is 1. The molecule has 2 rings (SSSR count). The predicted octanol–water partition coefficient (Wildman–Crippen LogP) is 1.50. The number of aliphatic carboxylic acids is 1. The number of carbonyl (C=O) groups is 2. The van der Waals surface area contributed by atoms with Crippen molar-refractivity contribution in [3.8, 4) is 0 Å². The second-order valence-electron chi connectivity index (χ2n) is 6.18. The van der Waals surface area contributed by atoms with Crippen LogP contribution in [0.2, 0.25) is 0 Å². The average Bonchev–Trinajstić information content (AvgIpc) is 2.69. The highest BCUT2D eigenvalue weighted by molar-refractivity contribution is 5.75. The number of amides is 2. The normalized spacial score (nSPS) is 37.4. The van der Waals surface area contributed by atoms with E-state index in [1.165, 1.54) is 0 Å². The first-order chi connectivity index (χ1) is 9.40. The highest BCUT2D eigenvalue weighted by Gasteiger charge is 2.38. The molecule has 2 amide bonds. The highest BCUT2D eigenvalue weighted by atomic mass is 16.5. The summed E-state index contributed by atoms with van der Waals surface area (Å²) in [6.45, 7) is 4.59. The number of carboxylic acids is 1. The van der Waals surface area contributed by atoms with Crippen LogP contribution in [-0.2, 0) is 9.53 Å². The number of rotatable bonds is 3. The van der Waals surface area contributed by atoms with Crippen LogP contribution in [0.3, 0.4) is 0 Å². The third kappa shape index (κ3) is 3.42. The molecule has 1 heterocycles. The van der Waals surface area contributed by atoms with Gasteiger partial charge in [-0.2, -0.15) is 0 Å². The molecule has 0 spiro atoms. The molecule has 4 unspecified atom stereocenters. The van der Waals surface area contributed by atoms with Crippen LogP contribution < -0.4 is 10.6 Å². The van der Waals surface area contributed by atoms with Crippen molar-refractivity contribution in [2.24, 2.45) is 5.92 Å².